The molecule has 0 unspecified atom stereocenters. The van der Waals surface area contributed by atoms with Crippen LogP contribution in [0.4, 0.5) is 0 Å². The van der Waals surface area contributed by atoms with Gasteiger partial charge < -0.3 is 4.74 Å². The summed E-state index contributed by atoms with van der Waals surface area (Å²) in [5, 5.41) is 0. The molecule has 142 valence electrons. The zero-order valence-corrected chi connectivity index (χ0v) is 16.6. The summed E-state index contributed by atoms with van der Waals surface area (Å²) in [6.45, 7) is 3.66. The van der Waals surface area contributed by atoms with E-state index in [-0.39, 0.29) is 10.3 Å². The van der Waals surface area contributed by atoms with Crippen molar-refractivity contribution in [2.75, 3.05) is 19.8 Å². The molecule has 6 nitrogen and oxygen atoms in total. The third kappa shape index (κ3) is 3.50. The van der Waals surface area contributed by atoms with Crippen LogP contribution in [0, 0.1) is 6.92 Å². The molecule has 4 rings (SSSR count). The fraction of sp³-hybridized carbons (Fsp3) is 0.368. The molecule has 0 spiro atoms. The van der Waals surface area contributed by atoms with E-state index in [1.165, 1.54) is 11.1 Å². The number of nitrogens with one attached hydrogen (secondary N) is 1. The van der Waals surface area contributed by atoms with E-state index in [0.29, 0.717) is 30.8 Å². The number of ether oxygens (including phenoxy) is 1. The van der Waals surface area contributed by atoms with E-state index in [2.05, 4.69) is 32.5 Å². The molecule has 0 saturated carbocycles. The number of hydrogen-bond acceptors (Lipinski definition) is 6. The molecular formula is C19H21N3O3S2. The predicted octanol–water partition coefficient (Wildman–Crippen LogP) is 3.03. The van der Waals surface area contributed by atoms with Gasteiger partial charge in [0.05, 0.1) is 11.7 Å². The smallest absolute Gasteiger partial charge is 0.242 e. The molecule has 1 saturated heterocycles. The normalized spacial score (nSPS) is 17.2. The molecule has 1 aliphatic rings. The third-order valence-electron chi connectivity index (χ3n) is 5.31. The van der Waals surface area contributed by atoms with Crippen LogP contribution in [0.25, 0.3) is 11.0 Å². The maximum Gasteiger partial charge on any atom is 0.242 e. The van der Waals surface area contributed by atoms with Crippen molar-refractivity contribution in [3.63, 3.8) is 0 Å². The minimum absolute atomic E-state index is 0.181. The monoisotopic (exact) mass is 403 g/mol. The summed E-state index contributed by atoms with van der Waals surface area (Å²) in [4.78, 5) is 0.181. The van der Waals surface area contributed by atoms with Gasteiger partial charge in [-0.25, -0.2) is 13.1 Å². The molecule has 1 fully saturated rings. The Hall–Kier alpha value is -1.87. The Morgan fingerprint density at radius 2 is 1.89 bits per heavy atom. The third-order valence-corrected chi connectivity index (χ3v) is 7.28. The van der Waals surface area contributed by atoms with E-state index in [1.54, 1.807) is 18.2 Å². The van der Waals surface area contributed by atoms with Crippen LogP contribution < -0.4 is 4.72 Å². The largest absolute Gasteiger partial charge is 0.381 e. The summed E-state index contributed by atoms with van der Waals surface area (Å²) in [6.07, 6.45) is 1.56. The first kappa shape index (κ1) is 18.5. The van der Waals surface area contributed by atoms with Crippen LogP contribution in [0.15, 0.2) is 47.4 Å². The fourth-order valence-electron chi connectivity index (χ4n) is 3.78. The van der Waals surface area contributed by atoms with Crippen LogP contribution in [0.5, 0.6) is 0 Å². The van der Waals surface area contributed by atoms with E-state index < -0.39 is 10.0 Å². The molecule has 1 N–H and O–H groups in total. The van der Waals surface area contributed by atoms with Gasteiger partial charge in [-0.05, 0) is 43.0 Å². The van der Waals surface area contributed by atoms with E-state index in [9.17, 15) is 8.42 Å². The second-order valence-corrected chi connectivity index (χ2v) is 9.18. The lowest BCUT2D eigenvalue weighted by Crippen LogP contribution is -2.45. The lowest BCUT2D eigenvalue weighted by Gasteiger charge is -2.38. The predicted molar refractivity (Wildman–Crippen MR) is 106 cm³/mol. The molecule has 2 aromatic carbocycles. The van der Waals surface area contributed by atoms with E-state index >= 15 is 0 Å². The van der Waals surface area contributed by atoms with E-state index in [0.717, 1.165) is 24.6 Å². The van der Waals surface area contributed by atoms with Crippen molar-refractivity contribution in [3.8, 4) is 0 Å². The average molecular weight is 404 g/mol. The molecule has 3 aromatic rings. The topological polar surface area (TPSA) is 81.2 Å². The van der Waals surface area contributed by atoms with Gasteiger partial charge in [0.25, 0.3) is 0 Å². The van der Waals surface area contributed by atoms with Crippen molar-refractivity contribution in [3.05, 3.63) is 53.6 Å². The van der Waals surface area contributed by atoms with Gasteiger partial charge in [-0.3, -0.25) is 0 Å². The zero-order valence-electron chi connectivity index (χ0n) is 15.0. The van der Waals surface area contributed by atoms with Crippen molar-refractivity contribution >= 4 is 32.8 Å². The Kier molecular flexibility index (Phi) is 4.98. The molecule has 0 bridgehead atoms. The zero-order chi connectivity index (χ0) is 18.9. The van der Waals surface area contributed by atoms with Crippen LogP contribution in [0.3, 0.4) is 0 Å². The van der Waals surface area contributed by atoms with Crippen molar-refractivity contribution in [1.82, 2.24) is 13.5 Å². The first-order chi connectivity index (χ1) is 13.0. The molecule has 0 amide bonds. The van der Waals surface area contributed by atoms with Gasteiger partial charge in [0.15, 0.2) is 0 Å². The van der Waals surface area contributed by atoms with Gasteiger partial charge in [-0.1, -0.05) is 30.3 Å². The molecule has 8 heteroatoms. The van der Waals surface area contributed by atoms with Gasteiger partial charge in [-0.15, -0.1) is 0 Å². The molecule has 2 heterocycles. The number of sulfonamides is 1. The van der Waals surface area contributed by atoms with Gasteiger partial charge in [-0.2, -0.15) is 8.75 Å². The van der Waals surface area contributed by atoms with Gasteiger partial charge in [0.1, 0.15) is 15.9 Å². The number of fused-ring (bicyclic) bond motifs is 1. The maximum atomic E-state index is 13.0. The number of aryl methyl sites for hydroxylation is 1. The van der Waals surface area contributed by atoms with E-state index in [1.807, 2.05) is 12.1 Å². The molecule has 27 heavy (non-hydrogen) atoms. The van der Waals surface area contributed by atoms with Gasteiger partial charge in [0.2, 0.25) is 10.0 Å². The summed E-state index contributed by atoms with van der Waals surface area (Å²) in [7, 11) is -3.70. The lowest BCUT2D eigenvalue weighted by atomic mass is 9.73. The summed E-state index contributed by atoms with van der Waals surface area (Å²) < 4.78 is 42.8. The summed E-state index contributed by atoms with van der Waals surface area (Å²) in [6, 6.07) is 13.2. The minimum Gasteiger partial charge on any atom is -0.381 e. The first-order valence-electron chi connectivity index (χ1n) is 8.87. The van der Waals surface area contributed by atoms with Crippen LogP contribution in [0.2, 0.25) is 0 Å². The Morgan fingerprint density at radius 3 is 2.67 bits per heavy atom. The summed E-state index contributed by atoms with van der Waals surface area (Å²) >= 11 is 1.02. The Bertz CT molecular complexity index is 1060. The SMILES string of the molecule is Cc1ccccc1C1(CNS(=O)(=O)c2cccc3nsnc23)CCOCC1. The molecule has 0 atom stereocenters. The van der Waals surface area contributed by atoms with Crippen LogP contribution in [0.1, 0.15) is 24.0 Å². The van der Waals surface area contributed by atoms with Crippen LogP contribution in [-0.2, 0) is 20.2 Å². The van der Waals surface area contributed by atoms with Crippen molar-refractivity contribution in [2.24, 2.45) is 0 Å². The second-order valence-electron chi connectivity index (χ2n) is 6.92. The number of aromatic nitrogens is 2. The van der Waals surface area contributed by atoms with Crippen molar-refractivity contribution < 1.29 is 13.2 Å². The molecule has 0 aliphatic carbocycles. The van der Waals surface area contributed by atoms with Gasteiger partial charge in [0, 0.05) is 25.2 Å². The highest BCUT2D eigenvalue weighted by Crippen LogP contribution is 2.36. The Labute approximate surface area is 163 Å². The summed E-state index contributed by atoms with van der Waals surface area (Å²) in [5.74, 6) is 0. The van der Waals surface area contributed by atoms with Crippen LogP contribution >= 0.6 is 11.7 Å². The standard InChI is InChI=1S/C19H21N3O3S2/c1-14-5-2-3-6-15(14)19(9-11-25-12-10-19)13-20-27(23,24)17-8-4-7-16-18(17)22-26-21-16/h2-8,20H,9-13H2,1H3. The second kappa shape index (κ2) is 7.27. The fourth-order valence-corrected chi connectivity index (χ4v) is 5.67. The minimum atomic E-state index is -3.70. The van der Waals surface area contributed by atoms with Crippen molar-refractivity contribution in [2.45, 2.75) is 30.1 Å². The Morgan fingerprint density at radius 1 is 1.11 bits per heavy atom. The lowest BCUT2D eigenvalue weighted by molar-refractivity contribution is 0.0515. The molecule has 1 aromatic heterocycles. The summed E-state index contributed by atoms with van der Waals surface area (Å²) in [5.41, 5.74) is 3.11. The molecule has 0 radical (unpaired) electrons. The number of hydrogen-bond donors (Lipinski definition) is 1. The van der Waals surface area contributed by atoms with Crippen LogP contribution in [-0.4, -0.2) is 36.9 Å². The maximum absolute atomic E-state index is 13.0. The highest BCUT2D eigenvalue weighted by Gasteiger charge is 2.37. The highest BCUT2D eigenvalue weighted by atomic mass is 32.2. The first-order valence-corrected chi connectivity index (χ1v) is 11.1. The Balaban J connectivity index is 1.67. The molecular weight excluding hydrogens is 382 g/mol. The van der Waals surface area contributed by atoms with Crippen molar-refractivity contribution in [1.29, 1.82) is 0 Å². The van der Waals surface area contributed by atoms with E-state index in [4.69, 9.17) is 4.74 Å². The quantitative estimate of drug-likeness (QED) is 0.708. The average Bonchev–Trinajstić information content (AvgIpc) is 3.16. The van der Waals surface area contributed by atoms with Gasteiger partial charge >= 0.3 is 0 Å². The molecule has 1 aliphatic heterocycles. The number of nitrogens with zero attached hydrogens (tertiary/aromatic N) is 2. The highest BCUT2D eigenvalue weighted by molar-refractivity contribution is 7.89. The number of benzene rings is 2. The number of rotatable bonds is 5.